The number of nitrogens with two attached hydrogens (primary N) is 1. The highest BCUT2D eigenvalue weighted by atomic mass is 32.1. The summed E-state index contributed by atoms with van der Waals surface area (Å²) in [6.45, 7) is 2.64. The summed E-state index contributed by atoms with van der Waals surface area (Å²) in [7, 11) is 1.65. The van der Waals surface area contributed by atoms with Crippen molar-refractivity contribution in [1.29, 1.82) is 0 Å². The SMILES string of the molecule is COCCCC(N)C(=O)NC(C)Cc1ccsc1. The summed E-state index contributed by atoms with van der Waals surface area (Å²) < 4.78 is 4.94. The van der Waals surface area contributed by atoms with Crippen molar-refractivity contribution in [2.75, 3.05) is 13.7 Å². The van der Waals surface area contributed by atoms with Crippen LogP contribution >= 0.6 is 11.3 Å². The van der Waals surface area contributed by atoms with Crippen LogP contribution in [0.1, 0.15) is 25.3 Å². The second kappa shape index (κ2) is 8.24. The largest absolute Gasteiger partial charge is 0.385 e. The Kier molecular flexibility index (Phi) is 6.93. The summed E-state index contributed by atoms with van der Waals surface area (Å²) in [6, 6.07) is 1.75. The van der Waals surface area contributed by atoms with E-state index in [4.69, 9.17) is 10.5 Å². The second-order valence-electron chi connectivity index (χ2n) is 4.49. The van der Waals surface area contributed by atoms with Crippen LogP contribution in [0, 0.1) is 0 Å². The number of thiophene rings is 1. The van der Waals surface area contributed by atoms with Crippen molar-refractivity contribution < 1.29 is 9.53 Å². The van der Waals surface area contributed by atoms with Gasteiger partial charge in [0.15, 0.2) is 0 Å². The highest BCUT2D eigenvalue weighted by molar-refractivity contribution is 7.07. The number of methoxy groups -OCH3 is 1. The minimum Gasteiger partial charge on any atom is -0.385 e. The van der Waals surface area contributed by atoms with E-state index in [0.29, 0.717) is 13.0 Å². The normalized spacial score (nSPS) is 14.2. The Balaban J connectivity index is 2.25. The predicted octanol–water partition coefficient (Wildman–Crippen LogP) is 1.55. The Morgan fingerprint density at radius 2 is 2.39 bits per heavy atom. The fourth-order valence-electron chi connectivity index (χ4n) is 1.74. The van der Waals surface area contributed by atoms with Crippen molar-refractivity contribution in [2.45, 2.75) is 38.3 Å². The topological polar surface area (TPSA) is 64.3 Å². The van der Waals surface area contributed by atoms with Crippen molar-refractivity contribution in [2.24, 2.45) is 5.73 Å². The lowest BCUT2D eigenvalue weighted by atomic mass is 10.1. The number of carbonyl (C=O) groups excluding carboxylic acids is 1. The molecule has 18 heavy (non-hydrogen) atoms. The Morgan fingerprint density at radius 3 is 3.00 bits per heavy atom. The summed E-state index contributed by atoms with van der Waals surface area (Å²) in [5.41, 5.74) is 7.06. The number of amides is 1. The molecular weight excluding hydrogens is 248 g/mol. The molecule has 0 fully saturated rings. The Labute approximate surface area is 113 Å². The van der Waals surface area contributed by atoms with Crippen molar-refractivity contribution in [3.05, 3.63) is 22.4 Å². The summed E-state index contributed by atoms with van der Waals surface area (Å²) in [4.78, 5) is 11.8. The maximum atomic E-state index is 11.8. The highest BCUT2D eigenvalue weighted by Crippen LogP contribution is 2.08. The van der Waals surface area contributed by atoms with Gasteiger partial charge < -0.3 is 15.8 Å². The van der Waals surface area contributed by atoms with Gasteiger partial charge in [0.25, 0.3) is 0 Å². The van der Waals surface area contributed by atoms with E-state index in [1.54, 1.807) is 18.4 Å². The zero-order valence-corrected chi connectivity index (χ0v) is 11.8. The number of nitrogens with one attached hydrogen (secondary N) is 1. The fraction of sp³-hybridized carbons (Fsp3) is 0.615. The molecular formula is C13H22N2O2S. The first kappa shape index (κ1) is 15.1. The average Bonchev–Trinajstić information content (AvgIpc) is 2.81. The summed E-state index contributed by atoms with van der Waals surface area (Å²) in [6.07, 6.45) is 2.31. The van der Waals surface area contributed by atoms with E-state index in [1.807, 2.05) is 12.3 Å². The number of ether oxygens (including phenoxy) is 1. The first-order valence-corrected chi connectivity index (χ1v) is 7.13. The van der Waals surface area contributed by atoms with Gasteiger partial charge in [0.1, 0.15) is 0 Å². The molecule has 1 aromatic rings. The number of hydrogen-bond donors (Lipinski definition) is 2. The van der Waals surface area contributed by atoms with Crippen molar-refractivity contribution >= 4 is 17.2 Å². The molecule has 1 heterocycles. The van der Waals surface area contributed by atoms with E-state index in [2.05, 4.69) is 16.8 Å². The monoisotopic (exact) mass is 270 g/mol. The number of hydrogen-bond acceptors (Lipinski definition) is 4. The smallest absolute Gasteiger partial charge is 0.237 e. The molecule has 0 radical (unpaired) electrons. The van der Waals surface area contributed by atoms with Crippen LogP contribution in [-0.2, 0) is 16.0 Å². The third kappa shape index (κ3) is 5.62. The maximum Gasteiger partial charge on any atom is 0.237 e. The van der Waals surface area contributed by atoms with Crippen LogP contribution < -0.4 is 11.1 Å². The predicted molar refractivity (Wildman–Crippen MR) is 74.7 cm³/mol. The van der Waals surface area contributed by atoms with E-state index >= 15 is 0 Å². The minimum absolute atomic E-state index is 0.0752. The average molecular weight is 270 g/mol. The molecule has 102 valence electrons. The van der Waals surface area contributed by atoms with Crippen LogP contribution in [0.3, 0.4) is 0 Å². The van der Waals surface area contributed by atoms with E-state index < -0.39 is 6.04 Å². The van der Waals surface area contributed by atoms with Crippen molar-refractivity contribution in [3.63, 3.8) is 0 Å². The molecule has 0 aliphatic rings. The summed E-state index contributed by atoms with van der Waals surface area (Å²) >= 11 is 1.67. The molecule has 0 aliphatic heterocycles. The first-order valence-electron chi connectivity index (χ1n) is 6.19. The zero-order valence-electron chi connectivity index (χ0n) is 11.0. The minimum atomic E-state index is -0.440. The lowest BCUT2D eigenvalue weighted by Crippen LogP contribution is -2.45. The maximum absolute atomic E-state index is 11.8. The molecule has 1 rings (SSSR count). The van der Waals surface area contributed by atoms with Gasteiger partial charge in [-0.3, -0.25) is 4.79 Å². The molecule has 2 unspecified atom stereocenters. The molecule has 0 spiro atoms. The zero-order chi connectivity index (χ0) is 13.4. The lowest BCUT2D eigenvalue weighted by molar-refractivity contribution is -0.123. The van der Waals surface area contributed by atoms with Crippen LogP contribution in [0.5, 0.6) is 0 Å². The van der Waals surface area contributed by atoms with Gasteiger partial charge in [0.05, 0.1) is 6.04 Å². The Morgan fingerprint density at radius 1 is 1.61 bits per heavy atom. The first-order chi connectivity index (χ1) is 8.63. The van der Waals surface area contributed by atoms with Crippen molar-refractivity contribution in [3.8, 4) is 0 Å². The van der Waals surface area contributed by atoms with Crippen LogP contribution in [0.25, 0.3) is 0 Å². The van der Waals surface area contributed by atoms with Gasteiger partial charge >= 0.3 is 0 Å². The van der Waals surface area contributed by atoms with E-state index in [9.17, 15) is 4.79 Å². The molecule has 0 saturated carbocycles. The van der Waals surface area contributed by atoms with E-state index in [0.717, 1.165) is 12.8 Å². The molecule has 0 saturated heterocycles. The second-order valence-corrected chi connectivity index (χ2v) is 5.27. The van der Waals surface area contributed by atoms with Crippen LogP contribution in [-0.4, -0.2) is 31.7 Å². The third-order valence-corrected chi connectivity index (χ3v) is 3.44. The van der Waals surface area contributed by atoms with Gasteiger partial charge in [-0.25, -0.2) is 0 Å². The molecule has 1 amide bonds. The standard InChI is InChI=1S/C13H22N2O2S/c1-10(8-11-5-7-18-9-11)15-13(16)12(14)4-3-6-17-2/h5,7,9-10,12H,3-4,6,8,14H2,1-2H3,(H,15,16). The molecule has 0 aromatic carbocycles. The van der Waals surface area contributed by atoms with Crippen molar-refractivity contribution in [1.82, 2.24) is 5.32 Å². The quantitative estimate of drug-likeness (QED) is 0.704. The van der Waals surface area contributed by atoms with Gasteiger partial charge in [0, 0.05) is 19.8 Å². The van der Waals surface area contributed by atoms with Crippen LogP contribution in [0.4, 0.5) is 0 Å². The molecule has 0 bridgehead atoms. The lowest BCUT2D eigenvalue weighted by Gasteiger charge is -2.17. The third-order valence-electron chi connectivity index (χ3n) is 2.71. The van der Waals surface area contributed by atoms with E-state index in [-0.39, 0.29) is 11.9 Å². The summed E-state index contributed by atoms with van der Waals surface area (Å²) in [5, 5.41) is 7.09. The summed E-state index contributed by atoms with van der Waals surface area (Å²) in [5.74, 6) is -0.0752. The van der Waals surface area contributed by atoms with E-state index in [1.165, 1.54) is 5.56 Å². The molecule has 4 nitrogen and oxygen atoms in total. The fourth-order valence-corrected chi connectivity index (χ4v) is 2.42. The van der Waals surface area contributed by atoms with Gasteiger partial charge in [-0.15, -0.1) is 0 Å². The van der Waals surface area contributed by atoms with Gasteiger partial charge in [-0.1, -0.05) is 0 Å². The number of rotatable bonds is 8. The van der Waals surface area contributed by atoms with Crippen LogP contribution in [0.15, 0.2) is 16.8 Å². The molecule has 2 atom stereocenters. The van der Waals surface area contributed by atoms with Gasteiger partial charge in [0.2, 0.25) is 5.91 Å². The van der Waals surface area contributed by atoms with Gasteiger partial charge in [-0.05, 0) is 48.6 Å². The molecule has 5 heteroatoms. The molecule has 1 aromatic heterocycles. The molecule has 3 N–H and O–H groups in total. The van der Waals surface area contributed by atoms with Crippen LogP contribution in [0.2, 0.25) is 0 Å². The molecule has 0 aliphatic carbocycles. The highest BCUT2D eigenvalue weighted by Gasteiger charge is 2.15. The number of carbonyl (C=O) groups is 1. The Bertz CT molecular complexity index is 341. The Hall–Kier alpha value is -0.910. The van der Waals surface area contributed by atoms with Gasteiger partial charge in [-0.2, -0.15) is 11.3 Å².